The van der Waals surface area contributed by atoms with E-state index < -0.39 is 0 Å². The van der Waals surface area contributed by atoms with Crippen LogP contribution in [0.4, 0.5) is 0 Å². The van der Waals surface area contributed by atoms with Crippen LogP contribution in [0.2, 0.25) is 0 Å². The third-order valence-corrected chi connectivity index (χ3v) is 4.00. The van der Waals surface area contributed by atoms with Crippen LogP contribution in [0.5, 0.6) is 5.75 Å². The minimum absolute atomic E-state index is 0.230. The molecule has 0 aliphatic carbocycles. The molecule has 2 aromatic rings. The number of phenols is 1. The Morgan fingerprint density at radius 3 is 2.64 bits per heavy atom. The Kier molecular flexibility index (Phi) is 6.00. The second-order valence-corrected chi connectivity index (χ2v) is 5.67. The number of alkyl halides is 1. The lowest BCUT2D eigenvalue weighted by atomic mass is 10.1. The molecule has 4 heteroatoms. The molecular weight excluding hydrogens is 391 g/mol. The Balaban J connectivity index is 2.06. The van der Waals surface area contributed by atoms with Crippen molar-refractivity contribution >= 4 is 34.6 Å². The van der Waals surface area contributed by atoms with Crippen molar-refractivity contribution in [2.45, 2.75) is 18.0 Å². The lowest BCUT2D eigenvalue weighted by Crippen LogP contribution is -2.05. The van der Waals surface area contributed by atoms with Crippen molar-refractivity contribution in [3.8, 4) is 5.75 Å². The Bertz CT molecular complexity index is 678. The first kappa shape index (κ1) is 16.5. The van der Waals surface area contributed by atoms with Crippen LogP contribution in [-0.2, 0) is 20.6 Å². The summed E-state index contributed by atoms with van der Waals surface area (Å²) in [6.45, 7) is 2.00. The zero-order chi connectivity index (χ0) is 15.9. The van der Waals surface area contributed by atoms with Gasteiger partial charge in [-0.25, -0.2) is 4.79 Å². The number of phenolic OH excluding ortho intramolecular Hbond substituents is 1. The molecule has 0 aliphatic rings. The van der Waals surface area contributed by atoms with Crippen molar-refractivity contribution in [1.82, 2.24) is 0 Å². The summed E-state index contributed by atoms with van der Waals surface area (Å²) in [5.41, 5.74) is 3.39. The molecule has 0 aliphatic heterocycles. The first-order valence-electron chi connectivity index (χ1n) is 6.87. The van der Waals surface area contributed by atoms with Gasteiger partial charge in [-0.15, -0.1) is 0 Å². The van der Waals surface area contributed by atoms with Crippen LogP contribution in [-0.4, -0.2) is 11.1 Å². The molecule has 2 rings (SSSR count). The number of benzene rings is 2. The number of hydrogen-bond donors (Lipinski definition) is 1. The first-order chi connectivity index (χ1) is 10.6. The molecule has 0 amide bonds. The number of hydrogen-bond acceptors (Lipinski definition) is 3. The van der Waals surface area contributed by atoms with Crippen molar-refractivity contribution in [2.75, 3.05) is 0 Å². The molecule has 3 nitrogen and oxygen atoms in total. The van der Waals surface area contributed by atoms with Gasteiger partial charge >= 0.3 is 5.97 Å². The number of esters is 1. The smallest absolute Gasteiger partial charge is 0.334 e. The fourth-order valence-electron chi connectivity index (χ4n) is 1.98. The molecule has 0 bridgehead atoms. The standard InChI is InChI=1S/C18H17IO3/c1-13(9-15-7-8-17(20)10-16(15)11-19)18(21)22-12-14-5-3-2-4-6-14/h2-10,20H,11-12H2,1H3/b13-9+. The van der Waals surface area contributed by atoms with Gasteiger partial charge in [0.25, 0.3) is 0 Å². The van der Waals surface area contributed by atoms with Crippen LogP contribution in [0, 0.1) is 0 Å². The molecule has 0 aromatic heterocycles. The fourth-order valence-corrected chi connectivity index (χ4v) is 2.64. The van der Waals surface area contributed by atoms with Gasteiger partial charge in [-0.3, -0.25) is 0 Å². The van der Waals surface area contributed by atoms with E-state index in [0.717, 1.165) is 21.1 Å². The highest BCUT2D eigenvalue weighted by Gasteiger charge is 2.08. The summed E-state index contributed by atoms with van der Waals surface area (Å²) in [5, 5.41) is 9.51. The van der Waals surface area contributed by atoms with Gasteiger partial charge in [0.15, 0.2) is 0 Å². The van der Waals surface area contributed by atoms with Gasteiger partial charge in [0.05, 0.1) is 0 Å². The van der Waals surface area contributed by atoms with E-state index in [1.165, 1.54) is 0 Å². The molecule has 2 aromatic carbocycles. The summed E-state index contributed by atoms with van der Waals surface area (Å²) >= 11 is 2.23. The molecule has 0 saturated heterocycles. The molecule has 0 radical (unpaired) electrons. The van der Waals surface area contributed by atoms with E-state index in [0.29, 0.717) is 5.57 Å². The molecule has 0 saturated carbocycles. The van der Waals surface area contributed by atoms with Gasteiger partial charge in [-0.2, -0.15) is 0 Å². The number of carbonyl (C=O) groups excluding carboxylic acids is 1. The molecule has 0 spiro atoms. The van der Waals surface area contributed by atoms with E-state index in [1.807, 2.05) is 30.3 Å². The molecular formula is C18H17IO3. The first-order valence-corrected chi connectivity index (χ1v) is 8.40. The van der Waals surface area contributed by atoms with Crippen LogP contribution in [0.25, 0.3) is 6.08 Å². The van der Waals surface area contributed by atoms with Gasteiger partial charge < -0.3 is 9.84 Å². The largest absolute Gasteiger partial charge is 0.508 e. The zero-order valence-electron chi connectivity index (χ0n) is 12.3. The van der Waals surface area contributed by atoms with E-state index >= 15 is 0 Å². The van der Waals surface area contributed by atoms with Crippen LogP contribution in [0.3, 0.4) is 0 Å². The summed E-state index contributed by atoms with van der Waals surface area (Å²) in [6, 6.07) is 14.7. The van der Waals surface area contributed by atoms with Crippen molar-refractivity contribution in [3.63, 3.8) is 0 Å². The van der Waals surface area contributed by atoms with E-state index in [2.05, 4.69) is 22.6 Å². The van der Waals surface area contributed by atoms with Crippen molar-refractivity contribution < 1.29 is 14.6 Å². The van der Waals surface area contributed by atoms with Gasteiger partial charge in [0.2, 0.25) is 0 Å². The highest BCUT2D eigenvalue weighted by molar-refractivity contribution is 14.1. The summed E-state index contributed by atoms with van der Waals surface area (Å²) < 4.78 is 6.06. The van der Waals surface area contributed by atoms with E-state index in [1.54, 1.807) is 31.2 Å². The number of rotatable bonds is 5. The Labute approximate surface area is 143 Å². The number of aromatic hydroxyl groups is 1. The quantitative estimate of drug-likeness (QED) is 0.344. The average Bonchev–Trinajstić information content (AvgIpc) is 2.55. The van der Waals surface area contributed by atoms with Crippen LogP contribution in [0.15, 0.2) is 54.1 Å². The molecule has 0 heterocycles. The van der Waals surface area contributed by atoms with Gasteiger partial charge in [0.1, 0.15) is 12.4 Å². The predicted octanol–water partition coefficient (Wildman–Crippen LogP) is 4.47. The fraction of sp³-hybridized carbons (Fsp3) is 0.167. The normalized spacial score (nSPS) is 11.3. The average molecular weight is 408 g/mol. The predicted molar refractivity (Wildman–Crippen MR) is 95.7 cm³/mol. The number of halogens is 1. The Hall–Kier alpha value is -1.82. The lowest BCUT2D eigenvalue weighted by molar-refractivity contribution is -0.140. The topological polar surface area (TPSA) is 46.5 Å². The monoisotopic (exact) mass is 408 g/mol. The summed E-state index contributed by atoms with van der Waals surface area (Å²) in [7, 11) is 0. The van der Waals surface area contributed by atoms with Gasteiger partial charge in [0, 0.05) is 10.0 Å². The van der Waals surface area contributed by atoms with E-state index in [-0.39, 0.29) is 18.3 Å². The van der Waals surface area contributed by atoms with Crippen molar-refractivity contribution in [2.24, 2.45) is 0 Å². The van der Waals surface area contributed by atoms with E-state index in [4.69, 9.17) is 4.74 Å². The molecule has 114 valence electrons. The minimum Gasteiger partial charge on any atom is -0.508 e. The molecule has 1 N–H and O–H groups in total. The van der Waals surface area contributed by atoms with Gasteiger partial charge in [-0.1, -0.05) is 59.0 Å². The second-order valence-electron chi connectivity index (χ2n) is 4.91. The highest BCUT2D eigenvalue weighted by Crippen LogP contribution is 2.22. The third kappa shape index (κ3) is 4.59. The molecule has 0 unspecified atom stereocenters. The van der Waals surface area contributed by atoms with Crippen LogP contribution in [0.1, 0.15) is 23.6 Å². The van der Waals surface area contributed by atoms with Crippen LogP contribution >= 0.6 is 22.6 Å². The summed E-state index contributed by atoms with van der Waals surface area (Å²) in [4.78, 5) is 12.0. The van der Waals surface area contributed by atoms with Crippen molar-refractivity contribution in [3.05, 3.63) is 70.8 Å². The summed E-state index contributed by atoms with van der Waals surface area (Å²) in [6.07, 6.45) is 1.79. The molecule has 0 fully saturated rings. The zero-order valence-corrected chi connectivity index (χ0v) is 14.4. The maximum absolute atomic E-state index is 12.0. The minimum atomic E-state index is -0.337. The Morgan fingerprint density at radius 1 is 1.23 bits per heavy atom. The number of ether oxygens (including phenoxy) is 1. The van der Waals surface area contributed by atoms with Gasteiger partial charge in [-0.05, 0) is 41.8 Å². The maximum Gasteiger partial charge on any atom is 0.334 e. The summed E-state index contributed by atoms with van der Waals surface area (Å²) in [5.74, 6) is -0.107. The van der Waals surface area contributed by atoms with Crippen LogP contribution < -0.4 is 0 Å². The maximum atomic E-state index is 12.0. The van der Waals surface area contributed by atoms with Crippen molar-refractivity contribution in [1.29, 1.82) is 0 Å². The second kappa shape index (κ2) is 7.98. The molecule has 22 heavy (non-hydrogen) atoms. The third-order valence-electron chi connectivity index (χ3n) is 3.18. The highest BCUT2D eigenvalue weighted by atomic mass is 127. The SMILES string of the molecule is C/C(=C\c1ccc(O)cc1CI)C(=O)OCc1ccccc1. The van der Waals surface area contributed by atoms with E-state index in [9.17, 15) is 9.90 Å². The molecule has 0 atom stereocenters. The lowest BCUT2D eigenvalue weighted by Gasteiger charge is -2.07. The number of carbonyl (C=O) groups is 1. The Morgan fingerprint density at radius 2 is 1.95 bits per heavy atom.